The zero-order valence-corrected chi connectivity index (χ0v) is 26.8. The van der Waals surface area contributed by atoms with E-state index in [1.807, 2.05) is 4.90 Å². The van der Waals surface area contributed by atoms with Gasteiger partial charge in [0.25, 0.3) is 5.91 Å². The second-order valence-corrected chi connectivity index (χ2v) is 10.6. The van der Waals surface area contributed by atoms with E-state index in [2.05, 4.69) is 39.2 Å². The number of allylic oxidation sites excluding steroid dienone is 7. The molecule has 1 rings (SSSR count). The van der Waals surface area contributed by atoms with Crippen LogP contribution in [0.1, 0.15) is 74.1 Å². The van der Waals surface area contributed by atoms with Crippen molar-refractivity contribution in [2.24, 2.45) is 5.92 Å². The number of amides is 4. The summed E-state index contributed by atoms with van der Waals surface area (Å²) in [4.78, 5) is 41.3. The molecule has 0 unspecified atom stereocenters. The minimum Gasteiger partial charge on any atom is -0.343 e. The van der Waals surface area contributed by atoms with Crippen LogP contribution in [-0.2, 0) is 9.59 Å². The lowest BCUT2D eigenvalue weighted by Gasteiger charge is -2.23. The Kier molecular flexibility index (Phi) is 19.5. The normalized spacial score (nSPS) is 15.0. The van der Waals surface area contributed by atoms with Crippen molar-refractivity contribution in [2.75, 3.05) is 39.3 Å². The van der Waals surface area contributed by atoms with Gasteiger partial charge in [-0.15, -0.1) is 0 Å². The van der Waals surface area contributed by atoms with Gasteiger partial charge < -0.3 is 20.0 Å². The molecule has 0 radical (unpaired) electrons. The Bertz CT molecular complexity index is 1040. The number of rotatable bonds is 12. The number of carbonyl (C=O) groups is 3. The van der Waals surface area contributed by atoms with E-state index in [9.17, 15) is 23.2 Å². The van der Waals surface area contributed by atoms with Gasteiger partial charge in [-0.25, -0.2) is 13.6 Å². The molecule has 1 N–H and O–H groups in total. The van der Waals surface area contributed by atoms with Crippen molar-refractivity contribution < 1.29 is 23.2 Å². The van der Waals surface area contributed by atoms with Gasteiger partial charge in [-0.3, -0.25) is 9.59 Å². The first kappa shape index (κ1) is 38.5. The lowest BCUT2D eigenvalue weighted by Crippen LogP contribution is -2.42. The molecule has 0 aliphatic carbocycles. The van der Waals surface area contributed by atoms with Crippen LogP contribution in [0, 0.1) is 5.92 Å². The van der Waals surface area contributed by atoms with Crippen molar-refractivity contribution >= 4 is 17.8 Å². The summed E-state index contributed by atoms with van der Waals surface area (Å²) in [6.07, 6.45) is 10.5. The van der Waals surface area contributed by atoms with Gasteiger partial charge in [-0.1, -0.05) is 46.1 Å². The lowest BCUT2D eigenvalue weighted by molar-refractivity contribution is -0.129. The fraction of sp³-hybridized carbons (Fsp3) is 0.545. The summed E-state index contributed by atoms with van der Waals surface area (Å²) in [6, 6.07) is -0.407. The van der Waals surface area contributed by atoms with E-state index in [4.69, 9.17) is 0 Å². The van der Waals surface area contributed by atoms with E-state index in [0.29, 0.717) is 38.2 Å². The van der Waals surface area contributed by atoms with Crippen LogP contribution in [-0.4, -0.2) is 71.8 Å². The third-order valence-corrected chi connectivity index (χ3v) is 6.64. The van der Waals surface area contributed by atoms with Gasteiger partial charge in [0.15, 0.2) is 0 Å². The molecular formula is C33H52F2N4O3. The van der Waals surface area contributed by atoms with Crippen molar-refractivity contribution in [3.05, 3.63) is 72.0 Å². The predicted octanol–water partition coefficient (Wildman–Crippen LogP) is 7.23. The first-order chi connectivity index (χ1) is 19.8. The van der Waals surface area contributed by atoms with Crippen LogP contribution >= 0.6 is 0 Å². The molecule has 9 heteroatoms. The molecule has 0 aromatic heterocycles. The smallest absolute Gasteiger partial charge is 0.321 e. The molecule has 1 aliphatic rings. The van der Waals surface area contributed by atoms with Crippen LogP contribution in [0.25, 0.3) is 0 Å². The van der Waals surface area contributed by atoms with Gasteiger partial charge in [-0.2, -0.15) is 0 Å². The number of nitrogens with zero attached hydrogens (tertiary/aromatic N) is 3. The van der Waals surface area contributed by atoms with Gasteiger partial charge in [0.2, 0.25) is 5.91 Å². The molecule has 0 aromatic carbocycles. The van der Waals surface area contributed by atoms with Crippen molar-refractivity contribution in [3.63, 3.8) is 0 Å². The van der Waals surface area contributed by atoms with Crippen LogP contribution in [0.4, 0.5) is 13.6 Å². The first-order valence-electron chi connectivity index (χ1n) is 14.8. The maximum atomic E-state index is 13.9. The number of hydrogen-bond acceptors (Lipinski definition) is 3. The summed E-state index contributed by atoms with van der Waals surface area (Å²) in [7, 11) is 0. The summed E-state index contributed by atoms with van der Waals surface area (Å²) in [5.74, 6) is -0.401. The van der Waals surface area contributed by atoms with Gasteiger partial charge in [0.05, 0.1) is 0 Å². The molecule has 0 spiro atoms. The Labute approximate surface area is 252 Å². The topological polar surface area (TPSA) is 73.0 Å². The minimum absolute atomic E-state index is 0.145. The molecular weight excluding hydrogens is 538 g/mol. The molecule has 1 heterocycles. The molecule has 4 amide bonds. The van der Waals surface area contributed by atoms with Crippen molar-refractivity contribution in [1.29, 1.82) is 0 Å². The summed E-state index contributed by atoms with van der Waals surface area (Å²) >= 11 is 0. The van der Waals surface area contributed by atoms with Crippen molar-refractivity contribution in [1.82, 2.24) is 20.0 Å². The average molecular weight is 591 g/mol. The molecule has 1 aliphatic heterocycles. The third kappa shape index (κ3) is 15.5. The molecule has 7 nitrogen and oxygen atoms in total. The Morgan fingerprint density at radius 2 is 1.60 bits per heavy atom. The summed E-state index contributed by atoms with van der Waals surface area (Å²) in [5.41, 5.74) is 0.826. The standard InChI is InChI=1S/C22H29F2N3O2.C11H23NO/c1-6-16(4)20(24)14-17(5)25-22(29)27-11-9-10-26(12-13-27)21(28)18(7-2)15-19(23)8-3;1-5-8-12(11(4)13)9-6-7-10(2)3/h6-8,14-15H,3,5,9-13H2,1-2,4H3,(H,25,29);10H,5-9H2,1-4H3/b16-6-,18-7+,19-15+,20-14+;. The highest BCUT2D eigenvalue weighted by molar-refractivity contribution is 5.96. The molecule has 0 aromatic rings. The Morgan fingerprint density at radius 1 is 0.976 bits per heavy atom. The maximum absolute atomic E-state index is 13.9. The van der Waals surface area contributed by atoms with Gasteiger partial charge >= 0.3 is 6.03 Å². The van der Waals surface area contributed by atoms with Gasteiger partial charge in [-0.05, 0) is 76.2 Å². The number of nitrogens with one attached hydrogen (secondary N) is 1. The Balaban J connectivity index is 0.00000108. The third-order valence-electron chi connectivity index (χ3n) is 6.64. The highest BCUT2D eigenvalue weighted by Gasteiger charge is 2.23. The fourth-order valence-corrected chi connectivity index (χ4v) is 4.03. The van der Waals surface area contributed by atoms with E-state index in [0.717, 1.165) is 44.0 Å². The molecule has 0 saturated carbocycles. The maximum Gasteiger partial charge on any atom is 0.321 e. The van der Waals surface area contributed by atoms with Crippen LogP contribution in [0.3, 0.4) is 0 Å². The molecule has 0 bridgehead atoms. The first-order valence-corrected chi connectivity index (χ1v) is 14.8. The number of halogens is 2. The quantitative estimate of drug-likeness (QED) is 0.193. The summed E-state index contributed by atoms with van der Waals surface area (Å²) in [6.45, 7) is 23.5. The van der Waals surface area contributed by atoms with Crippen LogP contribution in [0.2, 0.25) is 0 Å². The van der Waals surface area contributed by atoms with Crippen LogP contribution < -0.4 is 5.32 Å². The SMILES string of the molecule is C=C/C(F)=C\C(=C/C)C(=O)N1CCCN(C(=O)NC(=C)/C=C(F)\C(C)=C/C)CC1.CCCN(CCCC(C)C)C(C)=O. The highest BCUT2D eigenvalue weighted by atomic mass is 19.1. The molecule has 0 atom stereocenters. The summed E-state index contributed by atoms with van der Waals surface area (Å²) < 4.78 is 27.3. The largest absolute Gasteiger partial charge is 0.343 e. The van der Waals surface area contributed by atoms with E-state index in [1.54, 1.807) is 49.6 Å². The second-order valence-electron chi connectivity index (χ2n) is 10.6. The lowest BCUT2D eigenvalue weighted by atomic mass is 10.1. The average Bonchev–Trinajstić information content (AvgIpc) is 3.21. The Hall–Kier alpha value is -3.49. The van der Waals surface area contributed by atoms with E-state index >= 15 is 0 Å². The molecule has 236 valence electrons. The Morgan fingerprint density at radius 3 is 2.12 bits per heavy atom. The number of hydrogen-bond donors (Lipinski definition) is 1. The molecule has 1 saturated heterocycles. The van der Waals surface area contributed by atoms with Gasteiger partial charge in [0.1, 0.15) is 11.7 Å². The zero-order valence-electron chi connectivity index (χ0n) is 26.8. The van der Waals surface area contributed by atoms with Crippen LogP contribution in [0.15, 0.2) is 72.0 Å². The van der Waals surface area contributed by atoms with Gasteiger partial charge in [0, 0.05) is 57.5 Å². The second kappa shape index (κ2) is 21.2. The van der Waals surface area contributed by atoms with E-state index in [-0.39, 0.29) is 23.1 Å². The minimum atomic E-state index is -0.589. The van der Waals surface area contributed by atoms with E-state index < -0.39 is 17.7 Å². The zero-order chi connectivity index (χ0) is 32.2. The number of urea groups is 1. The molecule has 1 fully saturated rings. The monoisotopic (exact) mass is 590 g/mol. The van der Waals surface area contributed by atoms with Crippen molar-refractivity contribution in [3.8, 4) is 0 Å². The highest BCUT2D eigenvalue weighted by Crippen LogP contribution is 2.14. The fourth-order valence-electron chi connectivity index (χ4n) is 4.03. The van der Waals surface area contributed by atoms with Crippen LogP contribution in [0.5, 0.6) is 0 Å². The molecule has 42 heavy (non-hydrogen) atoms. The van der Waals surface area contributed by atoms with Crippen molar-refractivity contribution in [2.45, 2.75) is 74.1 Å². The summed E-state index contributed by atoms with van der Waals surface area (Å²) in [5, 5.41) is 2.56. The number of carbonyl (C=O) groups excluding carboxylic acids is 3. The predicted molar refractivity (Wildman–Crippen MR) is 169 cm³/mol. The van der Waals surface area contributed by atoms with E-state index in [1.165, 1.54) is 12.5 Å².